The van der Waals surface area contributed by atoms with Crippen molar-refractivity contribution in [3.05, 3.63) is 38.6 Å². The van der Waals surface area contributed by atoms with Gasteiger partial charge in [-0.1, -0.05) is 6.07 Å². The van der Waals surface area contributed by atoms with E-state index in [1.54, 1.807) is 6.92 Å². The number of ether oxygens (including phenoxy) is 2. The minimum atomic E-state index is -3.79. The first kappa shape index (κ1) is 19.7. The monoisotopic (exact) mass is 384 g/mol. The minimum absolute atomic E-state index is 0.00895. The molecule has 0 fully saturated rings. The van der Waals surface area contributed by atoms with Crippen LogP contribution in [0.2, 0.25) is 0 Å². The molecule has 2 aromatic rings. The molecule has 0 bridgehead atoms. The summed E-state index contributed by atoms with van der Waals surface area (Å²) in [4.78, 5) is 22.5. The Morgan fingerprint density at radius 3 is 2.31 bits per heavy atom. The number of sulfonamides is 1. The van der Waals surface area contributed by atoms with Crippen molar-refractivity contribution >= 4 is 15.7 Å². The second-order valence-electron chi connectivity index (χ2n) is 5.46. The average Bonchev–Trinajstić information content (AvgIpc) is 2.60. The highest BCUT2D eigenvalue weighted by Crippen LogP contribution is 2.32. The summed E-state index contributed by atoms with van der Waals surface area (Å²) in [5.74, 6) is -0.614. The number of anilines is 1. The van der Waals surface area contributed by atoms with Gasteiger partial charge in [0.15, 0.2) is 5.75 Å². The second kappa shape index (κ2) is 7.75. The van der Waals surface area contributed by atoms with Crippen LogP contribution in [0.5, 0.6) is 17.2 Å². The van der Waals surface area contributed by atoms with E-state index in [1.165, 1.54) is 32.3 Å². The van der Waals surface area contributed by atoms with Gasteiger partial charge in [0.05, 0.1) is 12.3 Å². The number of nitrogens with zero attached hydrogens (tertiary/aromatic N) is 1. The molecule has 0 heterocycles. The van der Waals surface area contributed by atoms with Gasteiger partial charge in [0.25, 0.3) is 10.9 Å². The molecule has 2 aromatic carbocycles. The van der Waals surface area contributed by atoms with Gasteiger partial charge < -0.3 is 19.9 Å². The number of phenolic OH excluding ortho intramolecular Hbond substituents is 1. The molecule has 0 saturated carbocycles. The first-order valence-corrected chi connectivity index (χ1v) is 9.23. The van der Waals surface area contributed by atoms with Crippen LogP contribution < -0.4 is 25.6 Å². The van der Waals surface area contributed by atoms with Crippen LogP contribution in [-0.4, -0.2) is 51.7 Å². The maximum atomic E-state index is 12.2. The van der Waals surface area contributed by atoms with E-state index in [0.29, 0.717) is 0 Å². The van der Waals surface area contributed by atoms with E-state index < -0.39 is 26.6 Å². The summed E-state index contributed by atoms with van der Waals surface area (Å²) in [7, 11) is -1.06. The van der Waals surface area contributed by atoms with Gasteiger partial charge in [-0.05, 0) is 19.1 Å². The van der Waals surface area contributed by atoms with Crippen molar-refractivity contribution < 1.29 is 23.0 Å². The standard InChI is InChI=1S/C16H20N2O7S/c1-4-24-15-13(20)14(21)16(15)25-9-8-17-10-6-5-7-11(12(10)19)26(22,23)18(2)3/h5-7,17,19H,4,8-9H2,1-3H3. The van der Waals surface area contributed by atoms with Crippen LogP contribution in [0.25, 0.3) is 0 Å². The SMILES string of the molecule is CCOc1c(OCCNc2cccc(S(=O)(=O)N(C)C)c2O)c(=O)c1=O. The number of para-hydroxylation sites is 1. The van der Waals surface area contributed by atoms with Gasteiger partial charge in [-0.15, -0.1) is 0 Å². The lowest BCUT2D eigenvalue weighted by Gasteiger charge is -2.16. The topological polar surface area (TPSA) is 122 Å². The molecule has 0 atom stereocenters. The van der Waals surface area contributed by atoms with E-state index in [2.05, 4.69) is 5.32 Å². The lowest BCUT2D eigenvalue weighted by atomic mass is 10.2. The van der Waals surface area contributed by atoms with E-state index in [1.807, 2.05) is 0 Å². The average molecular weight is 384 g/mol. The predicted octanol–water partition coefficient (Wildman–Crippen LogP) is 0.128. The summed E-state index contributed by atoms with van der Waals surface area (Å²) in [6, 6.07) is 4.29. The molecular weight excluding hydrogens is 364 g/mol. The summed E-state index contributed by atoms with van der Waals surface area (Å²) >= 11 is 0. The molecule has 10 heteroatoms. The van der Waals surface area contributed by atoms with Crippen LogP contribution in [0.3, 0.4) is 0 Å². The molecule has 0 aliphatic rings. The molecular formula is C16H20N2O7S. The van der Waals surface area contributed by atoms with Gasteiger partial charge in [0.1, 0.15) is 11.5 Å². The largest absolute Gasteiger partial charge is 0.504 e. The van der Waals surface area contributed by atoms with Crippen molar-refractivity contribution in [1.29, 1.82) is 0 Å². The molecule has 0 radical (unpaired) electrons. The molecule has 9 nitrogen and oxygen atoms in total. The zero-order valence-corrected chi connectivity index (χ0v) is 15.4. The highest BCUT2D eigenvalue weighted by molar-refractivity contribution is 7.89. The fraction of sp³-hybridized carbons (Fsp3) is 0.375. The molecule has 0 amide bonds. The van der Waals surface area contributed by atoms with Gasteiger partial charge in [0.2, 0.25) is 21.5 Å². The number of hydrogen-bond acceptors (Lipinski definition) is 8. The summed E-state index contributed by atoms with van der Waals surface area (Å²) < 4.78 is 35.6. The summed E-state index contributed by atoms with van der Waals surface area (Å²) in [6.45, 7) is 2.08. The lowest BCUT2D eigenvalue weighted by Crippen LogP contribution is -2.35. The van der Waals surface area contributed by atoms with Gasteiger partial charge in [-0.3, -0.25) is 9.59 Å². The highest BCUT2D eigenvalue weighted by atomic mass is 32.2. The number of benzene rings is 1. The van der Waals surface area contributed by atoms with Crippen LogP contribution in [0, 0.1) is 0 Å². The number of rotatable bonds is 9. The molecule has 0 unspecified atom stereocenters. The van der Waals surface area contributed by atoms with Crippen LogP contribution in [0.1, 0.15) is 6.92 Å². The van der Waals surface area contributed by atoms with Crippen LogP contribution >= 0.6 is 0 Å². The summed E-state index contributed by atoms with van der Waals surface area (Å²) in [5.41, 5.74) is -1.25. The molecule has 0 aliphatic heterocycles. The van der Waals surface area contributed by atoms with Crippen molar-refractivity contribution in [3.8, 4) is 17.2 Å². The van der Waals surface area contributed by atoms with E-state index in [4.69, 9.17) is 9.47 Å². The predicted molar refractivity (Wildman–Crippen MR) is 95.5 cm³/mol. The zero-order valence-electron chi connectivity index (χ0n) is 14.6. The van der Waals surface area contributed by atoms with E-state index in [9.17, 15) is 23.1 Å². The van der Waals surface area contributed by atoms with Gasteiger partial charge >= 0.3 is 0 Å². The van der Waals surface area contributed by atoms with Gasteiger partial charge in [-0.2, -0.15) is 0 Å². The molecule has 0 spiro atoms. The van der Waals surface area contributed by atoms with E-state index >= 15 is 0 Å². The molecule has 0 saturated heterocycles. The van der Waals surface area contributed by atoms with Crippen molar-refractivity contribution in [3.63, 3.8) is 0 Å². The number of aromatic hydroxyl groups is 1. The Balaban J connectivity index is 2.03. The summed E-state index contributed by atoms with van der Waals surface area (Å²) in [5, 5.41) is 13.0. The zero-order chi connectivity index (χ0) is 19.5. The Bertz CT molecular complexity index is 960. The number of phenols is 1. The lowest BCUT2D eigenvalue weighted by molar-refractivity contribution is 0.271. The molecule has 142 valence electrons. The second-order valence-corrected chi connectivity index (χ2v) is 7.58. The Morgan fingerprint density at radius 2 is 1.73 bits per heavy atom. The first-order chi connectivity index (χ1) is 12.2. The van der Waals surface area contributed by atoms with Crippen molar-refractivity contribution in [2.75, 3.05) is 39.2 Å². The Kier molecular flexibility index (Phi) is 5.88. The first-order valence-electron chi connectivity index (χ1n) is 7.79. The Labute approximate surface area is 150 Å². The van der Waals surface area contributed by atoms with Gasteiger partial charge in [0, 0.05) is 20.6 Å². The molecule has 2 N–H and O–H groups in total. The Hall–Kier alpha value is -2.59. The fourth-order valence-corrected chi connectivity index (χ4v) is 3.16. The van der Waals surface area contributed by atoms with Crippen molar-refractivity contribution in [2.45, 2.75) is 11.8 Å². The highest BCUT2D eigenvalue weighted by Gasteiger charge is 2.24. The van der Waals surface area contributed by atoms with Crippen LogP contribution in [0.4, 0.5) is 5.69 Å². The molecule has 26 heavy (non-hydrogen) atoms. The van der Waals surface area contributed by atoms with Crippen molar-refractivity contribution in [1.82, 2.24) is 4.31 Å². The number of nitrogens with one attached hydrogen (secondary N) is 1. The third kappa shape index (κ3) is 3.65. The van der Waals surface area contributed by atoms with Crippen LogP contribution in [-0.2, 0) is 10.0 Å². The fourth-order valence-electron chi connectivity index (χ4n) is 2.17. The molecule has 0 aromatic heterocycles. The molecule has 2 rings (SSSR count). The third-order valence-corrected chi connectivity index (χ3v) is 5.38. The maximum absolute atomic E-state index is 12.2. The van der Waals surface area contributed by atoms with E-state index in [0.717, 1.165) is 4.31 Å². The van der Waals surface area contributed by atoms with Crippen LogP contribution in [0.15, 0.2) is 32.7 Å². The third-order valence-electron chi connectivity index (χ3n) is 3.54. The number of hydrogen-bond donors (Lipinski definition) is 2. The van der Waals surface area contributed by atoms with E-state index in [-0.39, 0.29) is 41.8 Å². The maximum Gasteiger partial charge on any atom is 0.275 e. The smallest absolute Gasteiger partial charge is 0.275 e. The summed E-state index contributed by atoms with van der Waals surface area (Å²) in [6.07, 6.45) is 0. The molecule has 0 aliphatic carbocycles. The minimum Gasteiger partial charge on any atom is -0.504 e. The normalized spacial score (nSPS) is 11.7. The quantitative estimate of drug-likeness (QED) is 0.355. The van der Waals surface area contributed by atoms with Crippen molar-refractivity contribution in [2.24, 2.45) is 0 Å². The van der Waals surface area contributed by atoms with Gasteiger partial charge in [-0.25, -0.2) is 12.7 Å². The Morgan fingerprint density at radius 1 is 1.12 bits per heavy atom.